The Hall–Kier alpha value is -2.90. The van der Waals surface area contributed by atoms with Crippen molar-refractivity contribution >= 4 is 17.5 Å². The molecule has 0 atom stereocenters. The molecule has 25 heavy (non-hydrogen) atoms. The molecule has 0 aliphatic heterocycles. The van der Waals surface area contributed by atoms with Crippen molar-refractivity contribution in [2.75, 3.05) is 7.11 Å². The molecular weight excluding hydrogens is 363 g/mol. The van der Waals surface area contributed by atoms with Crippen LogP contribution in [0.1, 0.15) is 15.9 Å². The van der Waals surface area contributed by atoms with E-state index in [1.807, 2.05) is 0 Å². The number of hydrogen-bond acceptors (Lipinski definition) is 3. The number of carbonyl (C=O) groups is 1. The molecule has 0 N–H and O–H groups in total. The van der Waals surface area contributed by atoms with Gasteiger partial charge in [0.1, 0.15) is 5.75 Å². The summed E-state index contributed by atoms with van der Waals surface area (Å²) >= 11 is 5.83. The van der Waals surface area contributed by atoms with E-state index in [2.05, 4.69) is 10.0 Å². The van der Waals surface area contributed by atoms with Crippen molar-refractivity contribution in [3.8, 4) is 17.2 Å². The van der Waals surface area contributed by atoms with Crippen molar-refractivity contribution in [3.05, 3.63) is 63.0 Å². The van der Waals surface area contributed by atoms with E-state index in [1.54, 1.807) is 0 Å². The molecular formula is C15H9ClF3N3O3. The lowest BCUT2D eigenvalue weighted by atomic mass is 10.2. The minimum Gasteiger partial charge on any atom is -0.493 e. The Morgan fingerprint density at radius 3 is 2.40 bits per heavy atom. The molecule has 0 saturated carbocycles. The maximum atomic E-state index is 12.7. The molecule has 10 heteroatoms. The first-order valence-electron chi connectivity index (χ1n) is 6.58. The number of amides is 1. The second kappa shape index (κ2) is 7.33. The second-order valence-corrected chi connectivity index (χ2v) is 5.01. The zero-order chi connectivity index (χ0) is 18.6. The summed E-state index contributed by atoms with van der Waals surface area (Å²) in [6.45, 7) is 0. The van der Waals surface area contributed by atoms with Crippen LogP contribution in [-0.4, -0.2) is 13.0 Å². The minimum absolute atomic E-state index is 0.0108. The van der Waals surface area contributed by atoms with Gasteiger partial charge >= 0.3 is 6.18 Å². The molecule has 2 aromatic rings. The van der Waals surface area contributed by atoms with Crippen LogP contribution in [0, 0.1) is 0 Å². The van der Waals surface area contributed by atoms with E-state index in [0.29, 0.717) is 0 Å². The highest BCUT2D eigenvalue weighted by molar-refractivity contribution is 6.32. The number of rotatable bonds is 4. The van der Waals surface area contributed by atoms with E-state index in [1.165, 1.54) is 25.3 Å². The molecule has 0 bridgehead atoms. The normalized spacial score (nSPS) is 10.8. The van der Waals surface area contributed by atoms with E-state index < -0.39 is 17.6 Å². The highest BCUT2D eigenvalue weighted by Gasteiger charge is 2.31. The summed E-state index contributed by atoms with van der Waals surface area (Å²) in [4.78, 5) is 14.0. The number of methoxy groups -OCH3 is 1. The van der Waals surface area contributed by atoms with Gasteiger partial charge in [0.05, 0.1) is 17.7 Å². The average molecular weight is 372 g/mol. The lowest BCUT2D eigenvalue weighted by Crippen LogP contribution is -2.04. The second-order valence-electron chi connectivity index (χ2n) is 4.61. The van der Waals surface area contributed by atoms with Gasteiger partial charge < -0.3 is 9.47 Å². The number of ether oxygens (including phenoxy) is 2. The van der Waals surface area contributed by atoms with Crippen molar-refractivity contribution in [1.29, 1.82) is 0 Å². The van der Waals surface area contributed by atoms with E-state index in [0.717, 1.165) is 18.2 Å². The van der Waals surface area contributed by atoms with Crippen molar-refractivity contribution in [2.45, 2.75) is 6.18 Å². The largest absolute Gasteiger partial charge is 0.493 e. The Balaban J connectivity index is 2.40. The molecule has 0 aliphatic rings. The Kier molecular flexibility index (Phi) is 5.41. The highest BCUT2D eigenvalue weighted by atomic mass is 35.5. The van der Waals surface area contributed by atoms with Crippen LogP contribution in [0.25, 0.3) is 10.4 Å². The quantitative estimate of drug-likeness (QED) is 0.397. The summed E-state index contributed by atoms with van der Waals surface area (Å²) in [7, 11) is 1.34. The van der Waals surface area contributed by atoms with Gasteiger partial charge in [-0.3, -0.25) is 4.79 Å². The third-order valence-corrected chi connectivity index (χ3v) is 3.32. The Labute approximate surface area is 144 Å². The molecule has 2 rings (SSSR count). The third kappa shape index (κ3) is 4.34. The zero-order valence-electron chi connectivity index (χ0n) is 12.5. The average Bonchev–Trinajstić information content (AvgIpc) is 2.56. The molecule has 0 saturated heterocycles. The van der Waals surface area contributed by atoms with Crippen LogP contribution in [0.3, 0.4) is 0 Å². The lowest BCUT2D eigenvalue weighted by Gasteiger charge is -2.14. The monoisotopic (exact) mass is 371 g/mol. The van der Waals surface area contributed by atoms with Crippen molar-refractivity contribution in [3.63, 3.8) is 0 Å². The van der Waals surface area contributed by atoms with Crippen LogP contribution in [0.15, 0.2) is 41.5 Å². The van der Waals surface area contributed by atoms with Gasteiger partial charge in [0.15, 0.2) is 11.5 Å². The van der Waals surface area contributed by atoms with Gasteiger partial charge in [0.2, 0.25) is 5.91 Å². The number of carbonyl (C=O) groups excluding carboxylic acids is 1. The number of nitrogens with zero attached hydrogens (tertiary/aromatic N) is 3. The molecule has 6 nitrogen and oxygen atoms in total. The van der Waals surface area contributed by atoms with Gasteiger partial charge in [-0.2, -0.15) is 13.2 Å². The summed E-state index contributed by atoms with van der Waals surface area (Å²) < 4.78 is 48.5. The third-order valence-electron chi connectivity index (χ3n) is 3.03. The number of hydrogen-bond donors (Lipinski definition) is 0. The summed E-state index contributed by atoms with van der Waals surface area (Å²) in [6, 6.07) is 6.53. The van der Waals surface area contributed by atoms with E-state index in [9.17, 15) is 18.0 Å². The van der Waals surface area contributed by atoms with Crippen LogP contribution in [0.2, 0.25) is 5.02 Å². The number of halogens is 4. The first-order chi connectivity index (χ1) is 11.8. The van der Waals surface area contributed by atoms with E-state index in [4.69, 9.17) is 26.6 Å². The zero-order valence-corrected chi connectivity index (χ0v) is 13.3. The predicted octanol–water partition coefficient (Wildman–Crippen LogP) is 5.61. The topological polar surface area (TPSA) is 84.3 Å². The van der Waals surface area contributed by atoms with Gasteiger partial charge in [-0.25, -0.2) is 0 Å². The Morgan fingerprint density at radius 1 is 1.16 bits per heavy atom. The summed E-state index contributed by atoms with van der Waals surface area (Å²) in [6.07, 6.45) is -4.54. The van der Waals surface area contributed by atoms with Gasteiger partial charge in [-0.05, 0) is 47.0 Å². The number of azide groups is 1. The smallest absolute Gasteiger partial charge is 0.416 e. The molecule has 0 heterocycles. The highest BCUT2D eigenvalue weighted by Crippen LogP contribution is 2.39. The van der Waals surface area contributed by atoms with Gasteiger partial charge in [0, 0.05) is 10.5 Å². The standard InChI is InChI=1S/C15H9ClF3N3O3/c1-24-12-4-2-8(14(23)21-22-20)6-13(12)25-11-5-3-9(7-10(11)16)15(17,18)19/h2-7H,1H3. The van der Waals surface area contributed by atoms with Gasteiger partial charge in [-0.1, -0.05) is 11.6 Å². The number of alkyl halides is 3. The van der Waals surface area contributed by atoms with Crippen LogP contribution in [0.4, 0.5) is 13.2 Å². The van der Waals surface area contributed by atoms with E-state index in [-0.39, 0.29) is 27.8 Å². The summed E-state index contributed by atoms with van der Waals surface area (Å²) in [5.41, 5.74) is 7.39. The molecule has 130 valence electrons. The fourth-order valence-corrected chi connectivity index (χ4v) is 2.09. The van der Waals surface area contributed by atoms with E-state index >= 15 is 0 Å². The van der Waals surface area contributed by atoms with Crippen molar-refractivity contribution in [2.24, 2.45) is 5.11 Å². The molecule has 1 amide bonds. The van der Waals surface area contributed by atoms with Crippen molar-refractivity contribution < 1.29 is 27.4 Å². The summed E-state index contributed by atoms with van der Waals surface area (Å²) in [5.74, 6) is -0.702. The maximum absolute atomic E-state index is 12.7. The molecule has 0 fully saturated rings. The first-order valence-corrected chi connectivity index (χ1v) is 6.96. The number of benzene rings is 2. The predicted molar refractivity (Wildman–Crippen MR) is 83.0 cm³/mol. The van der Waals surface area contributed by atoms with Crippen LogP contribution in [0.5, 0.6) is 17.2 Å². The molecule has 0 aliphatic carbocycles. The van der Waals surface area contributed by atoms with Crippen molar-refractivity contribution in [1.82, 2.24) is 0 Å². The molecule has 0 unspecified atom stereocenters. The van der Waals surface area contributed by atoms with Gasteiger partial charge in [-0.15, -0.1) is 0 Å². The fourth-order valence-electron chi connectivity index (χ4n) is 1.87. The molecule has 0 aromatic heterocycles. The van der Waals surface area contributed by atoms with Crippen LogP contribution >= 0.6 is 11.6 Å². The lowest BCUT2D eigenvalue weighted by molar-refractivity contribution is -0.137. The molecule has 0 radical (unpaired) electrons. The Morgan fingerprint density at radius 2 is 1.84 bits per heavy atom. The SMILES string of the molecule is COc1ccc(C(=O)N=[N+]=[N-])cc1Oc1ccc(C(F)(F)F)cc1Cl. The van der Waals surface area contributed by atoms with Crippen LogP contribution < -0.4 is 9.47 Å². The minimum atomic E-state index is -4.54. The molecule has 0 spiro atoms. The first kappa shape index (κ1) is 18.4. The Bertz CT molecular complexity index is 865. The fraction of sp³-hybridized carbons (Fsp3) is 0.133. The molecule has 2 aromatic carbocycles. The van der Waals surface area contributed by atoms with Crippen LogP contribution in [-0.2, 0) is 6.18 Å². The summed E-state index contributed by atoms with van der Waals surface area (Å²) in [5, 5.41) is 2.67. The van der Waals surface area contributed by atoms with Gasteiger partial charge in [0.25, 0.3) is 0 Å². The maximum Gasteiger partial charge on any atom is 0.416 e.